The van der Waals surface area contributed by atoms with Gasteiger partial charge in [0.1, 0.15) is 4.60 Å². The van der Waals surface area contributed by atoms with Gasteiger partial charge >= 0.3 is 8.46 Å². The minimum atomic E-state index is -0.342. The van der Waals surface area contributed by atoms with Crippen LogP contribution in [0.2, 0.25) is 0 Å². The first kappa shape index (κ1) is 15.8. The molecule has 0 bridgehead atoms. The minimum absolute atomic E-state index is 0.273. The van der Waals surface area contributed by atoms with E-state index in [0.717, 1.165) is 29.6 Å². The molecule has 1 rings (SSSR count). The molecule has 1 aromatic rings. The van der Waals surface area contributed by atoms with Crippen LogP contribution in [0.1, 0.15) is 57.7 Å². The van der Waals surface area contributed by atoms with Crippen LogP contribution >= 0.6 is 24.4 Å². The van der Waals surface area contributed by atoms with E-state index in [4.69, 9.17) is 0 Å². The van der Waals surface area contributed by atoms with E-state index in [-0.39, 0.29) is 13.6 Å². The third-order valence-corrected chi connectivity index (χ3v) is 5.33. The van der Waals surface area contributed by atoms with Crippen molar-refractivity contribution >= 4 is 24.4 Å². The lowest BCUT2D eigenvalue weighted by atomic mass is 9.95. The normalized spacial score (nSPS) is 12.0. The molecule has 0 radical (unpaired) electrons. The molecule has 0 amide bonds. The van der Waals surface area contributed by atoms with Gasteiger partial charge in [0.15, 0.2) is 0 Å². The van der Waals surface area contributed by atoms with E-state index >= 15 is 0 Å². The van der Waals surface area contributed by atoms with Crippen LogP contribution in [0.3, 0.4) is 0 Å². The Hall–Kier alpha value is -0.270. The number of pyridine rings is 1. The van der Waals surface area contributed by atoms with E-state index in [9.17, 15) is 4.57 Å². The van der Waals surface area contributed by atoms with E-state index < -0.39 is 0 Å². The molecular formula is C14H22BrNOP+. The number of hydrogen-bond donors (Lipinski definition) is 0. The van der Waals surface area contributed by atoms with Gasteiger partial charge in [-0.05, 0) is 59.3 Å². The summed E-state index contributed by atoms with van der Waals surface area (Å²) in [5.41, 5.74) is 2.26. The number of hydrogen-bond acceptors (Lipinski definition) is 2. The summed E-state index contributed by atoms with van der Waals surface area (Å²) >= 11 is 3.47. The molecule has 2 nitrogen and oxygen atoms in total. The molecule has 4 heteroatoms. The lowest BCUT2D eigenvalue weighted by Gasteiger charge is -2.18. The summed E-state index contributed by atoms with van der Waals surface area (Å²) < 4.78 is 12.5. The van der Waals surface area contributed by atoms with Crippen molar-refractivity contribution < 1.29 is 4.57 Å². The van der Waals surface area contributed by atoms with Crippen LogP contribution in [0.5, 0.6) is 0 Å². The van der Waals surface area contributed by atoms with Crippen LogP contribution in [0.25, 0.3) is 0 Å². The van der Waals surface area contributed by atoms with Crippen LogP contribution < -0.4 is 0 Å². The fourth-order valence-corrected chi connectivity index (χ4v) is 3.14. The molecular weight excluding hydrogens is 309 g/mol. The van der Waals surface area contributed by atoms with Crippen LogP contribution in [0.15, 0.2) is 16.7 Å². The van der Waals surface area contributed by atoms with Gasteiger partial charge in [-0.3, -0.25) is 0 Å². The second kappa shape index (κ2) is 7.35. The predicted molar refractivity (Wildman–Crippen MR) is 81.8 cm³/mol. The lowest BCUT2D eigenvalue weighted by Crippen LogP contribution is -2.18. The maximum absolute atomic E-state index is 11.6. The lowest BCUT2D eigenvalue weighted by molar-refractivity contribution is 0.511. The first-order valence-electron chi connectivity index (χ1n) is 6.68. The SMILES string of the molecule is CCCCc1cc(Br)nc(C(CC)(CC)[PH+]=O)c1. The Bertz CT molecular complexity index is 405. The summed E-state index contributed by atoms with van der Waals surface area (Å²) in [5.74, 6) is 0. The Balaban J connectivity index is 3.14. The molecule has 1 aromatic heterocycles. The van der Waals surface area contributed by atoms with Crippen molar-refractivity contribution in [3.63, 3.8) is 0 Å². The number of aryl methyl sites for hydroxylation is 1. The Morgan fingerprint density at radius 1 is 1.28 bits per heavy atom. The fraction of sp³-hybridized carbons (Fsp3) is 0.643. The summed E-state index contributed by atoms with van der Waals surface area (Å²) in [6, 6.07) is 4.21. The number of halogens is 1. The summed E-state index contributed by atoms with van der Waals surface area (Å²) in [7, 11) is -0.342. The van der Waals surface area contributed by atoms with Crippen molar-refractivity contribution in [3.05, 3.63) is 28.0 Å². The number of aromatic nitrogens is 1. The van der Waals surface area contributed by atoms with Gasteiger partial charge in [-0.2, -0.15) is 0 Å². The first-order chi connectivity index (χ1) is 8.61. The molecule has 18 heavy (non-hydrogen) atoms. The van der Waals surface area contributed by atoms with Gasteiger partial charge in [-0.15, -0.1) is 0 Å². The van der Waals surface area contributed by atoms with Gasteiger partial charge in [0, 0.05) is 0 Å². The number of rotatable bonds is 7. The third kappa shape index (κ3) is 3.61. The molecule has 0 aliphatic carbocycles. The van der Waals surface area contributed by atoms with E-state index in [0.29, 0.717) is 0 Å². The minimum Gasteiger partial charge on any atom is -0.241 e. The molecule has 100 valence electrons. The van der Waals surface area contributed by atoms with Gasteiger partial charge in [0.2, 0.25) is 5.16 Å². The van der Waals surface area contributed by atoms with Crippen molar-refractivity contribution in [1.82, 2.24) is 4.98 Å². The topological polar surface area (TPSA) is 30.0 Å². The molecule has 1 atom stereocenters. The summed E-state index contributed by atoms with van der Waals surface area (Å²) in [6.07, 6.45) is 5.16. The maximum atomic E-state index is 11.6. The zero-order valence-corrected chi connectivity index (χ0v) is 14.0. The molecule has 0 aliphatic heterocycles. The highest BCUT2D eigenvalue weighted by Crippen LogP contribution is 2.41. The summed E-state index contributed by atoms with van der Waals surface area (Å²) in [4.78, 5) is 4.55. The molecule has 0 saturated carbocycles. The second-order valence-corrected chi connectivity index (χ2v) is 6.65. The molecule has 0 N–H and O–H groups in total. The molecule has 0 spiro atoms. The van der Waals surface area contributed by atoms with Crippen molar-refractivity contribution in [2.75, 3.05) is 0 Å². The van der Waals surface area contributed by atoms with E-state index in [2.05, 4.69) is 53.8 Å². The first-order valence-corrected chi connectivity index (χ1v) is 8.38. The Morgan fingerprint density at radius 2 is 1.94 bits per heavy atom. The van der Waals surface area contributed by atoms with E-state index in [1.165, 1.54) is 18.4 Å². The molecule has 0 saturated heterocycles. The van der Waals surface area contributed by atoms with Crippen molar-refractivity contribution in [2.24, 2.45) is 0 Å². The Labute approximate surface area is 120 Å². The predicted octanol–water partition coefficient (Wildman–Crippen LogP) is 5.23. The largest absolute Gasteiger partial charge is 0.337 e. The van der Waals surface area contributed by atoms with E-state index in [1.54, 1.807) is 0 Å². The zero-order valence-electron chi connectivity index (χ0n) is 11.4. The van der Waals surface area contributed by atoms with Gasteiger partial charge in [0.25, 0.3) is 0 Å². The maximum Gasteiger partial charge on any atom is 0.337 e. The third-order valence-electron chi connectivity index (χ3n) is 3.57. The molecule has 1 unspecified atom stereocenters. The monoisotopic (exact) mass is 330 g/mol. The summed E-state index contributed by atoms with van der Waals surface area (Å²) in [6.45, 7) is 6.37. The smallest absolute Gasteiger partial charge is 0.241 e. The van der Waals surface area contributed by atoms with Gasteiger partial charge in [-0.25, -0.2) is 4.98 Å². The van der Waals surface area contributed by atoms with Crippen LogP contribution in [0, 0.1) is 0 Å². The fourth-order valence-electron chi connectivity index (χ4n) is 2.13. The molecule has 1 heterocycles. The van der Waals surface area contributed by atoms with Gasteiger partial charge in [0.05, 0.1) is 5.69 Å². The van der Waals surface area contributed by atoms with Crippen LogP contribution in [-0.2, 0) is 16.1 Å². The molecule has 0 aromatic carbocycles. The summed E-state index contributed by atoms with van der Waals surface area (Å²) in [5, 5.41) is -0.273. The second-order valence-electron chi connectivity index (χ2n) is 4.68. The average Bonchev–Trinajstić information content (AvgIpc) is 2.39. The highest BCUT2D eigenvalue weighted by atomic mass is 79.9. The van der Waals surface area contributed by atoms with Crippen LogP contribution in [0.4, 0.5) is 0 Å². The molecule has 0 aliphatic rings. The average molecular weight is 331 g/mol. The van der Waals surface area contributed by atoms with Gasteiger partial charge in [-0.1, -0.05) is 31.8 Å². The molecule has 0 fully saturated rings. The number of nitrogens with zero attached hydrogens (tertiary/aromatic N) is 1. The highest BCUT2D eigenvalue weighted by molar-refractivity contribution is 9.10. The standard InChI is InChI=1S/C14H21BrNOP/c1-4-7-8-11-9-12(16-13(15)10-11)14(5-2,6-3)18-17/h9-10H,4-8H2,1-3H3/p+1. The van der Waals surface area contributed by atoms with E-state index in [1.807, 2.05) is 0 Å². The van der Waals surface area contributed by atoms with Crippen molar-refractivity contribution in [3.8, 4) is 0 Å². The number of unbranched alkanes of at least 4 members (excludes halogenated alkanes) is 1. The Morgan fingerprint density at radius 3 is 2.44 bits per heavy atom. The zero-order chi connectivity index (χ0) is 13.6. The van der Waals surface area contributed by atoms with Crippen molar-refractivity contribution in [1.29, 1.82) is 0 Å². The Kier molecular flexibility index (Phi) is 6.45. The highest BCUT2D eigenvalue weighted by Gasteiger charge is 2.39. The van der Waals surface area contributed by atoms with Gasteiger partial charge < -0.3 is 0 Å². The van der Waals surface area contributed by atoms with Crippen molar-refractivity contribution in [2.45, 2.75) is 58.0 Å². The quantitative estimate of drug-likeness (QED) is 0.506. The van der Waals surface area contributed by atoms with Crippen LogP contribution in [-0.4, -0.2) is 4.98 Å².